The van der Waals surface area contributed by atoms with Crippen LogP contribution >= 0.6 is 11.6 Å². The third kappa shape index (κ3) is 4.90. The highest BCUT2D eigenvalue weighted by Gasteiger charge is 2.18. The lowest BCUT2D eigenvalue weighted by molar-refractivity contribution is 0.0686. The molecule has 0 saturated carbocycles. The van der Waals surface area contributed by atoms with Gasteiger partial charge in [0, 0.05) is 23.0 Å². The highest BCUT2D eigenvalue weighted by atomic mass is 35.5. The normalized spacial score (nSPS) is 10.5. The Balaban J connectivity index is 1.61. The number of hydrogen-bond donors (Lipinski definition) is 2. The topological polar surface area (TPSA) is 119 Å². The van der Waals surface area contributed by atoms with Gasteiger partial charge in [-0.25, -0.2) is 9.78 Å². The van der Waals surface area contributed by atoms with E-state index in [4.69, 9.17) is 16.3 Å². The van der Waals surface area contributed by atoms with Gasteiger partial charge in [-0.3, -0.25) is 9.36 Å². The Hall–Kier alpha value is -4.24. The molecule has 0 radical (unpaired) electrons. The highest BCUT2D eigenvalue weighted by molar-refractivity contribution is 6.30. The summed E-state index contributed by atoms with van der Waals surface area (Å²) in [7, 11) is 0. The number of hydrogen-bond acceptors (Lipinski definition) is 7. The third-order valence-corrected chi connectivity index (χ3v) is 4.63. The van der Waals surface area contributed by atoms with Crippen molar-refractivity contribution in [3.05, 3.63) is 99.6 Å². The quantitative estimate of drug-likeness (QED) is 0.435. The van der Waals surface area contributed by atoms with Gasteiger partial charge >= 0.3 is 5.97 Å². The number of pyridine rings is 1. The number of benzene rings is 2. The van der Waals surface area contributed by atoms with Gasteiger partial charge in [0.1, 0.15) is 5.75 Å². The van der Waals surface area contributed by atoms with E-state index in [0.717, 1.165) is 5.56 Å². The van der Waals surface area contributed by atoms with Crippen LogP contribution in [0.15, 0.2) is 77.7 Å². The van der Waals surface area contributed by atoms with Gasteiger partial charge in [0.25, 0.3) is 5.56 Å². The Morgan fingerprint density at radius 1 is 1.03 bits per heavy atom. The summed E-state index contributed by atoms with van der Waals surface area (Å²) < 4.78 is 6.87. The number of aromatic carboxylic acids is 1. The van der Waals surface area contributed by atoms with E-state index in [9.17, 15) is 14.7 Å². The van der Waals surface area contributed by atoms with Crippen molar-refractivity contribution in [2.75, 3.05) is 5.32 Å². The highest BCUT2D eigenvalue weighted by Crippen LogP contribution is 2.22. The minimum absolute atomic E-state index is 0.0784. The molecule has 0 aliphatic rings. The van der Waals surface area contributed by atoms with Crippen LogP contribution in [0.1, 0.15) is 16.1 Å². The van der Waals surface area contributed by atoms with Crippen LogP contribution in [0, 0.1) is 0 Å². The Morgan fingerprint density at radius 2 is 1.78 bits per heavy atom. The SMILES string of the molecule is O=C(O)c1nnc(Nc2ccc(Oc3ccccn3)cc2)n(Cc2ccc(Cl)cc2)c1=O. The lowest BCUT2D eigenvalue weighted by Gasteiger charge is -2.14. The van der Waals surface area contributed by atoms with E-state index in [1.165, 1.54) is 4.57 Å². The van der Waals surface area contributed by atoms with Gasteiger partial charge in [0.05, 0.1) is 6.54 Å². The van der Waals surface area contributed by atoms with Crippen molar-refractivity contribution in [1.29, 1.82) is 0 Å². The second kappa shape index (κ2) is 9.27. The van der Waals surface area contributed by atoms with Crippen LogP contribution in [0.25, 0.3) is 0 Å². The van der Waals surface area contributed by atoms with E-state index in [1.54, 1.807) is 66.9 Å². The number of carbonyl (C=O) groups is 1. The van der Waals surface area contributed by atoms with Crippen LogP contribution in [0.2, 0.25) is 5.02 Å². The van der Waals surface area contributed by atoms with Crippen molar-refractivity contribution in [1.82, 2.24) is 19.7 Å². The van der Waals surface area contributed by atoms with E-state index >= 15 is 0 Å². The lowest BCUT2D eigenvalue weighted by atomic mass is 10.2. The molecule has 0 unspecified atom stereocenters. The van der Waals surface area contributed by atoms with Crippen molar-refractivity contribution in [3.8, 4) is 11.6 Å². The fourth-order valence-corrected chi connectivity index (χ4v) is 2.95. The summed E-state index contributed by atoms with van der Waals surface area (Å²) in [6, 6.07) is 19.1. The molecule has 0 saturated heterocycles. The van der Waals surface area contributed by atoms with Crippen molar-refractivity contribution in [2.45, 2.75) is 6.54 Å². The largest absolute Gasteiger partial charge is 0.476 e. The molecular formula is C22H16ClN5O4. The predicted molar refractivity (Wildman–Crippen MR) is 118 cm³/mol. The van der Waals surface area contributed by atoms with Gasteiger partial charge in [-0.2, -0.15) is 0 Å². The number of nitrogens with one attached hydrogen (secondary N) is 1. The summed E-state index contributed by atoms with van der Waals surface area (Å²) >= 11 is 5.92. The van der Waals surface area contributed by atoms with Crippen LogP contribution in [0.5, 0.6) is 11.6 Å². The third-order valence-electron chi connectivity index (χ3n) is 4.38. The molecule has 4 aromatic rings. The number of carboxylic acids is 1. The van der Waals surface area contributed by atoms with Crippen LogP contribution in [-0.2, 0) is 6.54 Å². The number of nitrogens with zero attached hydrogens (tertiary/aromatic N) is 4. The zero-order chi connectivity index (χ0) is 22.5. The molecule has 2 N–H and O–H groups in total. The van der Waals surface area contributed by atoms with E-state index in [0.29, 0.717) is 22.3 Å². The Morgan fingerprint density at radius 3 is 2.44 bits per heavy atom. The first-order valence-corrected chi connectivity index (χ1v) is 9.78. The van der Waals surface area contributed by atoms with E-state index in [-0.39, 0.29) is 12.5 Å². The van der Waals surface area contributed by atoms with Crippen LogP contribution < -0.4 is 15.6 Å². The minimum atomic E-state index is -1.45. The number of ether oxygens (including phenoxy) is 1. The average molecular weight is 450 g/mol. The van der Waals surface area contributed by atoms with Gasteiger partial charge in [-0.15, -0.1) is 10.2 Å². The lowest BCUT2D eigenvalue weighted by Crippen LogP contribution is -2.31. The molecule has 4 rings (SSSR count). The average Bonchev–Trinajstić information content (AvgIpc) is 2.79. The first-order valence-electron chi connectivity index (χ1n) is 9.41. The molecule has 9 nitrogen and oxygen atoms in total. The van der Waals surface area contributed by atoms with Crippen molar-refractivity contribution < 1.29 is 14.6 Å². The summed E-state index contributed by atoms with van der Waals surface area (Å²) in [5.41, 5.74) is -0.105. The minimum Gasteiger partial charge on any atom is -0.476 e. The number of anilines is 2. The van der Waals surface area contributed by atoms with Gasteiger partial charge in [-0.1, -0.05) is 29.8 Å². The molecule has 160 valence electrons. The summed E-state index contributed by atoms with van der Waals surface area (Å²) in [5, 5.41) is 20.3. The molecule has 0 spiro atoms. The zero-order valence-electron chi connectivity index (χ0n) is 16.5. The van der Waals surface area contributed by atoms with Gasteiger partial charge < -0.3 is 15.2 Å². The second-order valence-corrected chi connectivity index (χ2v) is 7.05. The maximum atomic E-state index is 12.7. The molecule has 0 bridgehead atoms. The van der Waals surface area contributed by atoms with E-state index < -0.39 is 17.2 Å². The number of rotatable bonds is 7. The monoisotopic (exact) mass is 449 g/mol. The van der Waals surface area contributed by atoms with E-state index in [1.807, 2.05) is 6.07 Å². The van der Waals surface area contributed by atoms with Crippen LogP contribution in [0.4, 0.5) is 11.6 Å². The Kier molecular flexibility index (Phi) is 6.09. The fraction of sp³-hybridized carbons (Fsp3) is 0.0455. The van der Waals surface area contributed by atoms with Gasteiger partial charge in [0.15, 0.2) is 0 Å². The molecule has 2 aromatic heterocycles. The molecule has 0 amide bonds. The number of aromatic nitrogens is 4. The van der Waals surface area contributed by atoms with Crippen molar-refractivity contribution >= 4 is 29.2 Å². The van der Waals surface area contributed by atoms with E-state index in [2.05, 4.69) is 20.5 Å². The maximum absolute atomic E-state index is 12.7. The van der Waals surface area contributed by atoms with Crippen molar-refractivity contribution in [3.63, 3.8) is 0 Å². The maximum Gasteiger partial charge on any atom is 0.362 e. The first kappa shape index (κ1) is 21.0. The summed E-state index contributed by atoms with van der Waals surface area (Å²) in [6.45, 7) is 0.0784. The van der Waals surface area contributed by atoms with Crippen LogP contribution in [0.3, 0.4) is 0 Å². The molecule has 2 heterocycles. The molecule has 0 aliphatic heterocycles. The molecule has 0 atom stereocenters. The molecule has 10 heteroatoms. The van der Waals surface area contributed by atoms with Gasteiger partial charge in [-0.05, 0) is 48.0 Å². The molecule has 2 aromatic carbocycles. The molecule has 32 heavy (non-hydrogen) atoms. The summed E-state index contributed by atoms with van der Waals surface area (Å²) in [4.78, 5) is 28.2. The van der Waals surface area contributed by atoms with Gasteiger partial charge in [0.2, 0.25) is 17.5 Å². The standard InChI is InChI=1S/C22H16ClN5O4/c23-15-6-4-14(5-7-15)13-28-20(29)19(21(30)31)26-27-22(28)25-16-8-10-17(11-9-16)32-18-3-1-2-12-24-18/h1-12H,13H2,(H,25,27)(H,30,31). The number of carboxylic acid groups (broad SMARTS) is 1. The first-order chi connectivity index (χ1) is 15.5. The smallest absolute Gasteiger partial charge is 0.362 e. The Labute approximate surface area is 186 Å². The molecule has 0 fully saturated rings. The summed E-state index contributed by atoms with van der Waals surface area (Å²) in [6.07, 6.45) is 1.63. The molecule has 0 aliphatic carbocycles. The predicted octanol–water partition coefficient (Wildman–Crippen LogP) is 3.97. The fourth-order valence-electron chi connectivity index (χ4n) is 2.83. The number of halogens is 1. The van der Waals surface area contributed by atoms with Crippen molar-refractivity contribution in [2.24, 2.45) is 0 Å². The second-order valence-electron chi connectivity index (χ2n) is 6.61. The van der Waals surface area contributed by atoms with Crippen LogP contribution in [-0.4, -0.2) is 30.8 Å². The summed E-state index contributed by atoms with van der Waals surface area (Å²) in [5.74, 6) is -0.330. The zero-order valence-corrected chi connectivity index (χ0v) is 17.2. The molecular weight excluding hydrogens is 434 g/mol. The Bertz CT molecular complexity index is 1290.